The van der Waals surface area contributed by atoms with E-state index in [4.69, 9.17) is 25.8 Å². The van der Waals surface area contributed by atoms with Crippen molar-refractivity contribution < 1.29 is 33.9 Å². The van der Waals surface area contributed by atoms with Gasteiger partial charge in [-0.05, 0) is 0 Å². The first-order chi connectivity index (χ1) is 3.41. The van der Waals surface area contributed by atoms with Crippen LogP contribution in [-0.2, 0) is 24.5 Å². The SMILES string of the molecule is O=NO.[NaH].[O]=[Mn](=[O])(=[O])[OH]. The molecule has 0 saturated carbocycles. The predicted molar refractivity (Wildman–Crippen MR) is 19.0 cm³/mol. The van der Waals surface area contributed by atoms with E-state index in [0.717, 1.165) is 0 Å². The van der Waals surface area contributed by atoms with Crippen LogP contribution in [0.15, 0.2) is 5.34 Å². The molecule has 0 aliphatic heterocycles. The molecule has 0 heterocycles. The van der Waals surface area contributed by atoms with Gasteiger partial charge in [0.05, 0.1) is 0 Å². The Hall–Kier alpha value is 0.279. The van der Waals surface area contributed by atoms with E-state index in [1.54, 1.807) is 0 Å². The molecule has 0 bridgehead atoms. The first kappa shape index (κ1) is 16.1. The molecule has 9 heavy (non-hydrogen) atoms. The van der Waals surface area contributed by atoms with E-state index >= 15 is 0 Å². The maximum absolute atomic E-state index is 8.69. The molecule has 0 spiro atoms. The summed E-state index contributed by atoms with van der Waals surface area (Å²) in [4.78, 5) is 8.11. The monoisotopic (exact) mass is 191 g/mol. The van der Waals surface area contributed by atoms with E-state index in [0.29, 0.717) is 0 Å². The third-order valence-electron chi connectivity index (χ3n) is 0. The molecule has 52 valence electrons. The fraction of sp³-hybridized carbons (Fsp3) is 0. The van der Waals surface area contributed by atoms with Gasteiger partial charge in [0.25, 0.3) is 0 Å². The summed E-state index contributed by atoms with van der Waals surface area (Å²) in [5.41, 5.74) is 0. The minimum absolute atomic E-state index is 0. The molecular weight excluding hydrogens is 188 g/mol. The zero-order valence-corrected chi connectivity index (χ0v) is 4.53. The van der Waals surface area contributed by atoms with Gasteiger partial charge in [0.1, 0.15) is 0 Å². The number of rotatable bonds is 0. The summed E-state index contributed by atoms with van der Waals surface area (Å²) in [5.74, 6) is 0. The molecule has 2 N–H and O–H groups in total. The van der Waals surface area contributed by atoms with Gasteiger partial charge < -0.3 is 5.21 Å². The molecule has 0 aliphatic rings. The summed E-state index contributed by atoms with van der Waals surface area (Å²) in [6.07, 6.45) is 0. The topological polar surface area (TPSA) is 121 Å². The molecule has 0 radical (unpaired) electrons. The van der Waals surface area contributed by atoms with Crippen molar-refractivity contribution in [1.82, 2.24) is 0 Å². The number of nitrogens with zero attached hydrogens (tertiary/aromatic N) is 1. The Balaban J connectivity index is -0.0000000800. The van der Waals surface area contributed by atoms with E-state index < -0.39 is 13.0 Å². The Kier molecular flexibility index (Phi) is 14.8. The Morgan fingerprint density at radius 1 is 1.22 bits per heavy atom. The van der Waals surface area contributed by atoms with Gasteiger partial charge in [-0.25, -0.2) is 0 Å². The Bertz CT molecular complexity index is 168. The molecule has 0 atom stereocenters. The third kappa shape index (κ3) is 4180. The summed E-state index contributed by atoms with van der Waals surface area (Å²) >= 11 is -5.38. The Morgan fingerprint density at radius 3 is 1.22 bits per heavy atom. The van der Waals surface area contributed by atoms with Crippen LogP contribution in [0.4, 0.5) is 0 Å². The summed E-state index contributed by atoms with van der Waals surface area (Å²) < 4.78 is 33.1. The summed E-state index contributed by atoms with van der Waals surface area (Å²) in [6, 6.07) is 0. The van der Waals surface area contributed by atoms with E-state index in [1.807, 2.05) is 0 Å². The number of hydrogen-bond acceptors (Lipinski definition) is 5. The molecule has 0 aromatic carbocycles. The van der Waals surface area contributed by atoms with Gasteiger partial charge in [-0.2, -0.15) is 0 Å². The van der Waals surface area contributed by atoms with Gasteiger partial charge in [-0.1, -0.05) is 0 Å². The van der Waals surface area contributed by atoms with E-state index in [9.17, 15) is 0 Å². The zero-order chi connectivity index (χ0) is 7.21. The van der Waals surface area contributed by atoms with Crippen molar-refractivity contribution in [2.45, 2.75) is 0 Å². The van der Waals surface area contributed by atoms with Crippen LogP contribution in [0.1, 0.15) is 0 Å². The van der Waals surface area contributed by atoms with Crippen LogP contribution in [0, 0.1) is 4.91 Å². The van der Waals surface area contributed by atoms with E-state index in [2.05, 4.69) is 0 Å². The van der Waals surface area contributed by atoms with Gasteiger partial charge in [0.15, 0.2) is 5.34 Å². The van der Waals surface area contributed by atoms with Crippen molar-refractivity contribution in [2.75, 3.05) is 0 Å². The van der Waals surface area contributed by atoms with Crippen LogP contribution < -0.4 is 0 Å². The Labute approximate surface area is 73.4 Å². The minimum atomic E-state index is -5.38. The van der Waals surface area contributed by atoms with Gasteiger partial charge in [0, 0.05) is 0 Å². The van der Waals surface area contributed by atoms with Gasteiger partial charge in [0.2, 0.25) is 0 Å². The molecule has 0 fully saturated rings. The normalized spacial score (nSPS) is 7.67. The number of hydrogen-bond donors (Lipinski definition) is 2. The van der Waals surface area contributed by atoms with E-state index in [-0.39, 0.29) is 29.6 Å². The van der Waals surface area contributed by atoms with Crippen molar-refractivity contribution in [2.24, 2.45) is 5.34 Å². The van der Waals surface area contributed by atoms with Gasteiger partial charge in [-0.3, -0.25) is 0 Å². The molecule has 9 heteroatoms. The first-order valence-electron chi connectivity index (χ1n) is 1.01. The quantitative estimate of drug-likeness (QED) is 0.275. The van der Waals surface area contributed by atoms with E-state index in [1.165, 1.54) is 5.34 Å². The second kappa shape index (κ2) is 8.28. The second-order valence-corrected chi connectivity index (χ2v) is 1.71. The first-order valence-corrected chi connectivity index (χ1v) is 2.99. The summed E-state index contributed by atoms with van der Waals surface area (Å²) in [5, 5.41) is 7.89. The standard InChI is InChI=1S/Mn.HNO2.Na.H2O.3O.H/c;2-1-3;;;;;;/h;(H,2,3);;1H2;;;;/q+1;;;;;;;/p-1. The molecule has 0 amide bonds. The van der Waals surface area contributed by atoms with Crippen molar-refractivity contribution in [3.63, 3.8) is 0 Å². The molecular formula is H3MnNNaO6. The second-order valence-electron chi connectivity index (χ2n) is 0.478. The molecule has 7 nitrogen and oxygen atoms in total. The van der Waals surface area contributed by atoms with Crippen LogP contribution in [0.3, 0.4) is 0 Å². The molecule has 0 saturated heterocycles. The maximum atomic E-state index is 8.69. The van der Waals surface area contributed by atoms with Crippen molar-refractivity contribution in [3.8, 4) is 0 Å². The molecule has 0 unspecified atom stereocenters. The molecule has 0 aromatic heterocycles. The Morgan fingerprint density at radius 2 is 1.22 bits per heavy atom. The van der Waals surface area contributed by atoms with Gasteiger partial charge >= 0.3 is 58.2 Å². The average Bonchev–Trinajstić information content (AvgIpc) is 1.27. The van der Waals surface area contributed by atoms with Crippen LogP contribution >= 0.6 is 0 Å². The predicted octanol–water partition coefficient (Wildman–Crippen LogP) is -1.42. The van der Waals surface area contributed by atoms with Crippen LogP contribution in [0.2, 0.25) is 0 Å². The fourth-order valence-electron chi connectivity index (χ4n) is 0. The molecule has 0 aromatic rings. The molecule has 0 rings (SSSR count). The van der Waals surface area contributed by atoms with Gasteiger partial charge in [-0.15, -0.1) is 4.91 Å². The van der Waals surface area contributed by atoms with Crippen LogP contribution in [0.25, 0.3) is 0 Å². The third-order valence-corrected chi connectivity index (χ3v) is 0. The summed E-state index contributed by atoms with van der Waals surface area (Å²) in [6.45, 7) is 0. The van der Waals surface area contributed by atoms with Crippen molar-refractivity contribution >= 4 is 29.6 Å². The summed E-state index contributed by atoms with van der Waals surface area (Å²) in [7, 11) is 0. The average molecular weight is 191 g/mol. The van der Waals surface area contributed by atoms with Crippen LogP contribution in [0.5, 0.6) is 0 Å². The van der Waals surface area contributed by atoms with Crippen LogP contribution in [-0.4, -0.2) is 39.0 Å². The fourth-order valence-corrected chi connectivity index (χ4v) is 0. The molecule has 0 aliphatic carbocycles. The van der Waals surface area contributed by atoms with Crippen molar-refractivity contribution in [3.05, 3.63) is 4.91 Å². The van der Waals surface area contributed by atoms with Crippen molar-refractivity contribution in [1.29, 1.82) is 0 Å². The zero-order valence-electron chi connectivity index (χ0n) is 3.35.